The zero-order chi connectivity index (χ0) is 16.4. The molecule has 0 aliphatic carbocycles. The molecule has 1 aromatic carbocycles. The van der Waals surface area contributed by atoms with Gasteiger partial charge in [0.1, 0.15) is 0 Å². The second-order valence-electron chi connectivity index (χ2n) is 6.09. The zero-order valence-corrected chi connectivity index (χ0v) is 14.0. The minimum absolute atomic E-state index is 0.153. The van der Waals surface area contributed by atoms with Crippen molar-refractivity contribution in [2.24, 2.45) is 0 Å². The number of aromatic nitrogens is 3. The molecule has 122 valence electrons. The number of hydrogen-bond acceptors (Lipinski definition) is 4. The summed E-state index contributed by atoms with van der Waals surface area (Å²) >= 11 is 0. The van der Waals surface area contributed by atoms with Gasteiger partial charge < -0.3 is 10.2 Å². The van der Waals surface area contributed by atoms with Crippen molar-refractivity contribution in [1.82, 2.24) is 25.2 Å². The summed E-state index contributed by atoms with van der Waals surface area (Å²) in [5.74, 6) is -0.153. The molecule has 2 aromatic rings. The van der Waals surface area contributed by atoms with Crippen molar-refractivity contribution in [3.8, 4) is 5.69 Å². The molecule has 3 rings (SSSR count). The van der Waals surface area contributed by atoms with Gasteiger partial charge in [-0.25, -0.2) is 4.68 Å². The van der Waals surface area contributed by atoms with E-state index in [0.29, 0.717) is 12.2 Å². The van der Waals surface area contributed by atoms with Crippen LogP contribution < -0.4 is 5.32 Å². The molecule has 0 saturated heterocycles. The molecular formula is C17H23N5O. The van der Waals surface area contributed by atoms with Crippen molar-refractivity contribution in [3.05, 3.63) is 40.7 Å². The number of likely N-dealkylation sites (N-methyl/N-ethyl adjacent to an activating group) is 1. The Morgan fingerprint density at radius 2 is 2.22 bits per heavy atom. The number of fused-ring (bicyclic) bond motifs is 1. The fourth-order valence-corrected chi connectivity index (χ4v) is 3.02. The number of carbonyl (C=O) groups is 1. The van der Waals surface area contributed by atoms with Crippen LogP contribution in [0.1, 0.15) is 40.7 Å². The number of amides is 1. The van der Waals surface area contributed by atoms with Crippen LogP contribution >= 0.6 is 0 Å². The minimum Gasteiger partial charge on any atom is -0.351 e. The Morgan fingerprint density at radius 1 is 1.39 bits per heavy atom. The van der Waals surface area contributed by atoms with Crippen molar-refractivity contribution >= 4 is 5.91 Å². The van der Waals surface area contributed by atoms with Crippen molar-refractivity contribution in [2.75, 3.05) is 20.1 Å². The van der Waals surface area contributed by atoms with Crippen LogP contribution in [-0.2, 0) is 13.0 Å². The van der Waals surface area contributed by atoms with Gasteiger partial charge >= 0.3 is 0 Å². The van der Waals surface area contributed by atoms with Gasteiger partial charge in [0.2, 0.25) is 0 Å². The molecule has 1 aliphatic heterocycles. The maximum Gasteiger partial charge on any atom is 0.273 e. The van der Waals surface area contributed by atoms with Gasteiger partial charge in [-0.3, -0.25) is 4.79 Å². The van der Waals surface area contributed by atoms with E-state index >= 15 is 0 Å². The van der Waals surface area contributed by atoms with Crippen molar-refractivity contribution in [3.63, 3.8) is 0 Å². The maximum absolute atomic E-state index is 12.2. The third-order valence-corrected chi connectivity index (χ3v) is 4.31. The summed E-state index contributed by atoms with van der Waals surface area (Å²) < 4.78 is 1.80. The van der Waals surface area contributed by atoms with Crippen LogP contribution in [0.5, 0.6) is 0 Å². The van der Waals surface area contributed by atoms with E-state index in [1.165, 1.54) is 11.1 Å². The molecule has 6 heteroatoms. The molecule has 0 bridgehead atoms. The van der Waals surface area contributed by atoms with E-state index in [-0.39, 0.29) is 5.91 Å². The van der Waals surface area contributed by atoms with Crippen molar-refractivity contribution in [1.29, 1.82) is 0 Å². The number of nitrogens with zero attached hydrogens (tertiary/aromatic N) is 4. The average molecular weight is 313 g/mol. The smallest absolute Gasteiger partial charge is 0.273 e. The van der Waals surface area contributed by atoms with Crippen LogP contribution in [-0.4, -0.2) is 45.9 Å². The van der Waals surface area contributed by atoms with Gasteiger partial charge in [-0.1, -0.05) is 24.3 Å². The molecule has 0 unspecified atom stereocenters. The molecule has 0 fully saturated rings. The van der Waals surface area contributed by atoms with E-state index in [1.807, 2.05) is 19.9 Å². The quantitative estimate of drug-likeness (QED) is 0.933. The highest BCUT2D eigenvalue weighted by Crippen LogP contribution is 2.25. The number of rotatable bonds is 4. The van der Waals surface area contributed by atoms with Gasteiger partial charge in [-0.15, -0.1) is 5.10 Å². The third-order valence-electron chi connectivity index (χ3n) is 4.31. The predicted molar refractivity (Wildman–Crippen MR) is 88.8 cm³/mol. The van der Waals surface area contributed by atoms with Crippen LogP contribution in [0.4, 0.5) is 0 Å². The Kier molecular flexibility index (Phi) is 4.43. The summed E-state index contributed by atoms with van der Waals surface area (Å²) in [6, 6.07) is 6.26. The number of carbonyl (C=O) groups excluding carboxylic acids is 1. The molecule has 2 heterocycles. The molecule has 1 aliphatic rings. The third kappa shape index (κ3) is 2.99. The normalized spacial score (nSPS) is 14.6. The molecule has 6 nitrogen and oxygen atoms in total. The van der Waals surface area contributed by atoms with E-state index in [0.717, 1.165) is 37.3 Å². The van der Waals surface area contributed by atoms with Crippen LogP contribution in [0.3, 0.4) is 0 Å². The summed E-state index contributed by atoms with van der Waals surface area (Å²) in [4.78, 5) is 14.5. The Labute approximate surface area is 136 Å². The highest BCUT2D eigenvalue weighted by atomic mass is 16.2. The van der Waals surface area contributed by atoms with Crippen LogP contribution in [0.2, 0.25) is 0 Å². The first-order valence-corrected chi connectivity index (χ1v) is 8.12. The van der Waals surface area contributed by atoms with Gasteiger partial charge in [0.15, 0.2) is 5.69 Å². The Bertz CT molecular complexity index is 722. The first-order valence-electron chi connectivity index (χ1n) is 8.12. The Morgan fingerprint density at radius 3 is 3.00 bits per heavy atom. The fourth-order valence-electron chi connectivity index (χ4n) is 3.02. The molecule has 0 saturated carbocycles. The van der Waals surface area contributed by atoms with Crippen molar-refractivity contribution in [2.45, 2.75) is 33.2 Å². The molecule has 1 N–H and O–H groups in total. The highest BCUT2D eigenvalue weighted by Gasteiger charge is 2.21. The summed E-state index contributed by atoms with van der Waals surface area (Å²) in [6.07, 6.45) is 1.89. The number of benzene rings is 1. The second-order valence-corrected chi connectivity index (χ2v) is 6.09. The van der Waals surface area contributed by atoms with E-state index in [4.69, 9.17) is 0 Å². The lowest BCUT2D eigenvalue weighted by atomic mass is 9.98. The largest absolute Gasteiger partial charge is 0.351 e. The lowest BCUT2D eigenvalue weighted by molar-refractivity contribution is 0.0948. The highest BCUT2D eigenvalue weighted by molar-refractivity contribution is 5.93. The molecule has 0 spiro atoms. The Hall–Kier alpha value is -2.21. The zero-order valence-electron chi connectivity index (χ0n) is 14.0. The maximum atomic E-state index is 12.2. The van der Waals surface area contributed by atoms with Gasteiger partial charge in [-0.05, 0) is 44.0 Å². The summed E-state index contributed by atoms with van der Waals surface area (Å²) in [5, 5.41) is 11.2. The van der Waals surface area contributed by atoms with Crippen LogP contribution in [0.25, 0.3) is 5.69 Å². The minimum atomic E-state index is -0.153. The average Bonchev–Trinajstić information content (AvgIpc) is 2.93. The SMILES string of the molecule is CCCNC(=O)c1nnn(-c2cccc3c2CCN(C)C3)c1C. The van der Waals surface area contributed by atoms with E-state index in [9.17, 15) is 4.79 Å². The predicted octanol–water partition coefficient (Wildman–Crippen LogP) is 1.70. The lowest BCUT2D eigenvalue weighted by Gasteiger charge is -2.26. The number of hydrogen-bond donors (Lipinski definition) is 1. The summed E-state index contributed by atoms with van der Waals surface area (Å²) in [5.41, 5.74) is 4.85. The molecule has 0 atom stereocenters. The lowest BCUT2D eigenvalue weighted by Crippen LogP contribution is -2.27. The van der Waals surface area contributed by atoms with Gasteiger partial charge in [0.25, 0.3) is 5.91 Å². The molecule has 23 heavy (non-hydrogen) atoms. The van der Waals surface area contributed by atoms with E-state index in [1.54, 1.807) is 4.68 Å². The molecule has 1 amide bonds. The van der Waals surface area contributed by atoms with Gasteiger partial charge in [0, 0.05) is 19.6 Å². The Balaban J connectivity index is 1.96. The fraction of sp³-hybridized carbons (Fsp3) is 0.471. The number of nitrogens with one attached hydrogen (secondary N) is 1. The monoisotopic (exact) mass is 313 g/mol. The first kappa shape index (κ1) is 15.7. The summed E-state index contributed by atoms with van der Waals surface area (Å²) in [7, 11) is 2.13. The topological polar surface area (TPSA) is 63.1 Å². The van der Waals surface area contributed by atoms with E-state index < -0.39 is 0 Å². The molecule has 0 radical (unpaired) electrons. The van der Waals surface area contributed by atoms with Gasteiger partial charge in [0.05, 0.1) is 11.4 Å². The standard InChI is InChI=1S/C17H23N5O/c1-4-9-18-17(23)16-12(2)22(20-19-16)15-7-5-6-13-11-21(3)10-8-14(13)15/h5-7H,4,8-11H2,1-3H3,(H,18,23). The first-order chi connectivity index (χ1) is 11.1. The van der Waals surface area contributed by atoms with Crippen LogP contribution in [0.15, 0.2) is 18.2 Å². The van der Waals surface area contributed by atoms with Gasteiger partial charge in [-0.2, -0.15) is 0 Å². The van der Waals surface area contributed by atoms with E-state index in [2.05, 4.69) is 39.7 Å². The molecular weight excluding hydrogens is 290 g/mol. The van der Waals surface area contributed by atoms with Crippen molar-refractivity contribution < 1.29 is 4.79 Å². The second kappa shape index (κ2) is 6.50. The van der Waals surface area contributed by atoms with Crippen LogP contribution in [0, 0.1) is 6.92 Å². The molecule has 1 aromatic heterocycles. The summed E-state index contributed by atoms with van der Waals surface area (Å²) in [6.45, 7) is 6.55.